The summed E-state index contributed by atoms with van der Waals surface area (Å²) < 4.78 is 40.3. The van der Waals surface area contributed by atoms with E-state index in [0.717, 1.165) is 14.7 Å². The van der Waals surface area contributed by atoms with Gasteiger partial charge in [0, 0.05) is 16.5 Å². The van der Waals surface area contributed by atoms with Gasteiger partial charge in [-0.15, -0.1) is 11.3 Å². The number of halogens is 5. The molecule has 0 nitrogen and oxygen atoms in total. The monoisotopic (exact) mass is 384 g/mol. The highest BCUT2D eigenvalue weighted by Crippen LogP contribution is 2.38. The number of rotatable bonds is 2. The number of hydrogen-bond donors (Lipinski definition) is 0. The highest BCUT2D eigenvalue weighted by molar-refractivity contribution is 9.11. The van der Waals surface area contributed by atoms with E-state index in [9.17, 15) is 13.2 Å². The maximum Gasteiger partial charge on any atom is 0.161 e. The van der Waals surface area contributed by atoms with Gasteiger partial charge in [-0.25, -0.2) is 13.2 Å². The Hall–Kier alpha value is -0.330. The molecule has 6 heteroatoms. The molecule has 0 saturated carbocycles. The van der Waals surface area contributed by atoms with Crippen LogP contribution in [-0.2, 0) is 0 Å². The molecule has 0 bridgehead atoms. The van der Waals surface area contributed by atoms with Crippen LogP contribution in [-0.4, -0.2) is 0 Å². The lowest BCUT2D eigenvalue weighted by molar-refractivity contribution is 0.491. The highest BCUT2D eigenvalue weighted by atomic mass is 79.9. The van der Waals surface area contributed by atoms with Gasteiger partial charge >= 0.3 is 0 Å². The summed E-state index contributed by atoms with van der Waals surface area (Å²) in [7, 11) is 0. The molecule has 0 fully saturated rings. The van der Waals surface area contributed by atoms with Gasteiger partial charge in [-0.1, -0.05) is 15.9 Å². The highest BCUT2D eigenvalue weighted by Gasteiger charge is 2.19. The summed E-state index contributed by atoms with van der Waals surface area (Å²) in [5.41, 5.74) is 0.0817. The van der Waals surface area contributed by atoms with Crippen molar-refractivity contribution in [3.8, 4) is 0 Å². The molecule has 1 unspecified atom stereocenters. The molecule has 0 spiro atoms. The smallest absolute Gasteiger partial charge is 0.161 e. The first-order valence-electron chi connectivity index (χ1n) is 4.53. The summed E-state index contributed by atoms with van der Waals surface area (Å²) in [6.07, 6.45) is 0. The molecule has 0 saturated heterocycles. The average molecular weight is 386 g/mol. The van der Waals surface area contributed by atoms with Crippen molar-refractivity contribution < 1.29 is 13.2 Å². The van der Waals surface area contributed by atoms with Crippen LogP contribution >= 0.6 is 43.2 Å². The normalized spacial score (nSPS) is 12.8. The van der Waals surface area contributed by atoms with Crippen molar-refractivity contribution in [2.45, 2.75) is 4.83 Å². The standard InChI is InChI=1S/C11H5Br2F3S/c12-10-2-1-9(17-10)11(13)5-3-7(15)8(16)4-6(5)14/h1-4,11H. The van der Waals surface area contributed by atoms with Crippen LogP contribution in [0.1, 0.15) is 15.3 Å². The fourth-order valence-electron chi connectivity index (χ4n) is 1.35. The third kappa shape index (κ3) is 2.74. The van der Waals surface area contributed by atoms with E-state index in [0.29, 0.717) is 6.07 Å². The van der Waals surface area contributed by atoms with Gasteiger partial charge in [-0.2, -0.15) is 0 Å². The van der Waals surface area contributed by atoms with Crippen molar-refractivity contribution in [3.63, 3.8) is 0 Å². The molecule has 1 aromatic heterocycles. The molecule has 0 aliphatic carbocycles. The Labute approximate surface area is 117 Å². The minimum absolute atomic E-state index is 0.0817. The maximum atomic E-state index is 13.5. The summed E-state index contributed by atoms with van der Waals surface area (Å²) in [5, 5.41) is 0. The van der Waals surface area contributed by atoms with E-state index in [4.69, 9.17) is 0 Å². The lowest BCUT2D eigenvalue weighted by atomic mass is 10.1. The number of alkyl halides is 1. The lowest BCUT2D eigenvalue weighted by Gasteiger charge is -2.09. The Bertz CT molecular complexity index is 554. The van der Waals surface area contributed by atoms with Crippen LogP contribution < -0.4 is 0 Å². The Kier molecular flexibility index (Phi) is 3.95. The second-order valence-electron chi connectivity index (χ2n) is 3.29. The topological polar surface area (TPSA) is 0 Å². The first-order valence-corrected chi connectivity index (χ1v) is 7.05. The minimum Gasteiger partial charge on any atom is -0.207 e. The zero-order valence-corrected chi connectivity index (χ0v) is 12.2. The van der Waals surface area contributed by atoms with E-state index in [1.807, 2.05) is 6.07 Å². The van der Waals surface area contributed by atoms with Crippen LogP contribution in [0.3, 0.4) is 0 Å². The van der Waals surface area contributed by atoms with Gasteiger partial charge in [-0.05, 0) is 34.1 Å². The van der Waals surface area contributed by atoms with Gasteiger partial charge in [-0.3, -0.25) is 0 Å². The van der Waals surface area contributed by atoms with Crippen molar-refractivity contribution >= 4 is 43.2 Å². The summed E-state index contributed by atoms with van der Waals surface area (Å²) in [6.45, 7) is 0. The third-order valence-electron chi connectivity index (χ3n) is 2.16. The van der Waals surface area contributed by atoms with Crippen molar-refractivity contribution in [2.75, 3.05) is 0 Å². The molecule has 0 aliphatic rings. The molecular weight excluding hydrogens is 381 g/mol. The Morgan fingerprint density at radius 2 is 1.65 bits per heavy atom. The second kappa shape index (κ2) is 5.12. The molecular formula is C11H5Br2F3S. The van der Waals surface area contributed by atoms with Crippen LogP contribution in [0.2, 0.25) is 0 Å². The largest absolute Gasteiger partial charge is 0.207 e. The quantitative estimate of drug-likeness (QED) is 0.478. The SMILES string of the molecule is Fc1cc(F)c(C(Br)c2ccc(Br)s2)cc1F. The summed E-state index contributed by atoms with van der Waals surface area (Å²) in [6, 6.07) is 5.03. The third-order valence-corrected chi connectivity index (χ3v) is 5.13. The predicted octanol–water partition coefficient (Wildman–Crippen LogP) is 5.41. The van der Waals surface area contributed by atoms with E-state index in [-0.39, 0.29) is 5.56 Å². The summed E-state index contributed by atoms with van der Waals surface area (Å²) in [5.74, 6) is -3.00. The van der Waals surface area contributed by atoms with Gasteiger partial charge in [0.05, 0.1) is 8.61 Å². The molecule has 1 aromatic carbocycles. The van der Waals surface area contributed by atoms with E-state index in [2.05, 4.69) is 31.9 Å². The van der Waals surface area contributed by atoms with Crippen LogP contribution in [0.25, 0.3) is 0 Å². The Morgan fingerprint density at radius 1 is 1.00 bits per heavy atom. The van der Waals surface area contributed by atoms with Crippen molar-refractivity contribution in [2.24, 2.45) is 0 Å². The maximum absolute atomic E-state index is 13.5. The first-order chi connectivity index (χ1) is 7.99. The van der Waals surface area contributed by atoms with Gasteiger partial charge in [0.15, 0.2) is 11.6 Å². The fourth-order valence-corrected chi connectivity index (χ4v) is 3.55. The average Bonchev–Trinajstić information content (AvgIpc) is 2.69. The molecule has 0 aliphatic heterocycles. The van der Waals surface area contributed by atoms with Crippen molar-refractivity contribution in [1.82, 2.24) is 0 Å². The van der Waals surface area contributed by atoms with E-state index < -0.39 is 22.3 Å². The van der Waals surface area contributed by atoms with Gasteiger partial charge < -0.3 is 0 Å². The molecule has 1 heterocycles. The van der Waals surface area contributed by atoms with Crippen LogP contribution in [0, 0.1) is 17.5 Å². The Morgan fingerprint density at radius 3 is 2.24 bits per heavy atom. The summed E-state index contributed by atoms with van der Waals surface area (Å²) >= 11 is 7.96. The molecule has 0 radical (unpaired) electrons. The van der Waals surface area contributed by atoms with Crippen molar-refractivity contribution in [1.29, 1.82) is 0 Å². The zero-order valence-electron chi connectivity index (χ0n) is 8.18. The molecule has 90 valence electrons. The van der Waals surface area contributed by atoms with Crippen LogP contribution in [0.5, 0.6) is 0 Å². The van der Waals surface area contributed by atoms with Crippen LogP contribution in [0.4, 0.5) is 13.2 Å². The molecule has 17 heavy (non-hydrogen) atoms. The molecule has 0 N–H and O–H groups in total. The first kappa shape index (κ1) is 13.1. The summed E-state index contributed by atoms with van der Waals surface area (Å²) in [4.78, 5) is 0.315. The number of benzene rings is 1. The molecule has 0 amide bonds. The second-order valence-corrected chi connectivity index (χ2v) is 6.70. The van der Waals surface area contributed by atoms with Gasteiger partial charge in [0.25, 0.3) is 0 Å². The van der Waals surface area contributed by atoms with E-state index in [1.54, 1.807) is 6.07 Å². The Balaban J connectivity index is 2.43. The van der Waals surface area contributed by atoms with E-state index >= 15 is 0 Å². The number of hydrogen-bond acceptors (Lipinski definition) is 1. The van der Waals surface area contributed by atoms with Gasteiger partial charge in [0.1, 0.15) is 5.82 Å². The van der Waals surface area contributed by atoms with Gasteiger partial charge in [0.2, 0.25) is 0 Å². The van der Waals surface area contributed by atoms with E-state index in [1.165, 1.54) is 11.3 Å². The van der Waals surface area contributed by atoms with Crippen LogP contribution in [0.15, 0.2) is 28.1 Å². The minimum atomic E-state index is -1.18. The predicted molar refractivity (Wildman–Crippen MR) is 69.1 cm³/mol. The molecule has 2 rings (SSSR count). The lowest BCUT2D eigenvalue weighted by Crippen LogP contribution is -1.98. The molecule has 2 aromatic rings. The fraction of sp³-hybridized carbons (Fsp3) is 0.0909. The van der Waals surface area contributed by atoms with Crippen molar-refractivity contribution in [3.05, 3.63) is 55.9 Å². The number of thiophene rings is 1. The zero-order chi connectivity index (χ0) is 12.6. The molecule has 1 atom stereocenters.